The number of fused-ring (bicyclic) bond motifs is 1. The van der Waals surface area contributed by atoms with Gasteiger partial charge in [0, 0.05) is 6.54 Å². The molecule has 4 nitrogen and oxygen atoms in total. The van der Waals surface area contributed by atoms with E-state index in [1.807, 2.05) is 42.5 Å². The summed E-state index contributed by atoms with van der Waals surface area (Å²) in [5.41, 5.74) is 1.52. The fourth-order valence-electron chi connectivity index (χ4n) is 3.75. The zero-order chi connectivity index (χ0) is 19.9. The highest BCUT2D eigenvalue weighted by Crippen LogP contribution is 2.21. The second kappa shape index (κ2) is 9.57. The summed E-state index contributed by atoms with van der Waals surface area (Å²) in [6.45, 7) is 3.89. The third-order valence-corrected chi connectivity index (χ3v) is 5.38. The molecule has 0 N–H and O–H groups in total. The number of carbonyl (C=O) groups is 1. The van der Waals surface area contributed by atoms with Crippen molar-refractivity contribution in [3.63, 3.8) is 0 Å². The minimum Gasteiger partial charge on any atom is -0.489 e. The molecular weight excluding hydrogens is 362 g/mol. The first-order valence-corrected chi connectivity index (χ1v) is 10.4. The van der Waals surface area contributed by atoms with Crippen molar-refractivity contribution < 1.29 is 14.3 Å². The van der Waals surface area contributed by atoms with Gasteiger partial charge in [0.05, 0.1) is 5.56 Å². The lowest BCUT2D eigenvalue weighted by molar-refractivity contribution is 0.0452. The average molecular weight is 389 g/mol. The number of nitrogens with zero attached hydrogens (tertiary/aromatic N) is 1. The number of esters is 1. The van der Waals surface area contributed by atoms with Crippen LogP contribution in [0.3, 0.4) is 0 Å². The van der Waals surface area contributed by atoms with Crippen molar-refractivity contribution in [2.75, 3.05) is 26.2 Å². The van der Waals surface area contributed by atoms with E-state index in [2.05, 4.69) is 23.1 Å². The van der Waals surface area contributed by atoms with Crippen LogP contribution in [0, 0.1) is 0 Å². The van der Waals surface area contributed by atoms with Crippen molar-refractivity contribution in [3.8, 4) is 5.75 Å². The minimum atomic E-state index is -0.269. The van der Waals surface area contributed by atoms with Gasteiger partial charge in [0.1, 0.15) is 19.0 Å². The van der Waals surface area contributed by atoms with Gasteiger partial charge in [-0.2, -0.15) is 0 Å². The number of piperidine rings is 1. The van der Waals surface area contributed by atoms with Gasteiger partial charge in [-0.15, -0.1) is 0 Å². The van der Waals surface area contributed by atoms with Crippen LogP contribution in [-0.4, -0.2) is 37.1 Å². The molecule has 150 valence electrons. The number of benzene rings is 3. The van der Waals surface area contributed by atoms with Crippen molar-refractivity contribution in [1.29, 1.82) is 0 Å². The molecule has 0 radical (unpaired) electrons. The highest BCUT2D eigenvalue weighted by atomic mass is 16.5. The van der Waals surface area contributed by atoms with E-state index in [0.29, 0.717) is 18.8 Å². The number of rotatable bonds is 7. The first kappa shape index (κ1) is 19.5. The molecule has 29 heavy (non-hydrogen) atoms. The number of hydrogen-bond acceptors (Lipinski definition) is 4. The second-order valence-corrected chi connectivity index (χ2v) is 7.54. The predicted molar refractivity (Wildman–Crippen MR) is 115 cm³/mol. The highest BCUT2D eigenvalue weighted by molar-refractivity contribution is 5.89. The fourth-order valence-corrected chi connectivity index (χ4v) is 3.75. The topological polar surface area (TPSA) is 38.8 Å². The Morgan fingerprint density at radius 2 is 1.69 bits per heavy atom. The van der Waals surface area contributed by atoms with Gasteiger partial charge in [-0.05, 0) is 66.5 Å². The number of ether oxygens (including phenoxy) is 2. The van der Waals surface area contributed by atoms with Gasteiger partial charge in [0.25, 0.3) is 0 Å². The van der Waals surface area contributed by atoms with Crippen LogP contribution in [0.4, 0.5) is 0 Å². The van der Waals surface area contributed by atoms with Crippen molar-refractivity contribution in [3.05, 3.63) is 77.9 Å². The molecule has 1 aliphatic rings. The van der Waals surface area contributed by atoms with Crippen LogP contribution >= 0.6 is 0 Å². The van der Waals surface area contributed by atoms with Crippen molar-refractivity contribution in [2.45, 2.75) is 25.9 Å². The van der Waals surface area contributed by atoms with Crippen LogP contribution < -0.4 is 4.74 Å². The van der Waals surface area contributed by atoms with Gasteiger partial charge < -0.3 is 9.47 Å². The molecule has 1 fully saturated rings. The molecule has 0 bridgehead atoms. The maximum atomic E-state index is 12.4. The van der Waals surface area contributed by atoms with Gasteiger partial charge in [-0.1, -0.05) is 48.9 Å². The van der Waals surface area contributed by atoms with Gasteiger partial charge >= 0.3 is 5.97 Å². The van der Waals surface area contributed by atoms with Crippen LogP contribution in [0.5, 0.6) is 5.75 Å². The average Bonchev–Trinajstić information content (AvgIpc) is 2.78. The Balaban J connectivity index is 1.30. The predicted octanol–water partition coefficient (Wildman–Crippen LogP) is 5.06. The molecule has 3 aromatic rings. The van der Waals surface area contributed by atoms with E-state index in [4.69, 9.17) is 9.47 Å². The molecule has 4 rings (SSSR count). The molecule has 0 atom stereocenters. The summed E-state index contributed by atoms with van der Waals surface area (Å²) >= 11 is 0. The Morgan fingerprint density at radius 3 is 2.55 bits per heavy atom. The smallest absolute Gasteiger partial charge is 0.338 e. The zero-order valence-corrected chi connectivity index (χ0v) is 16.7. The molecule has 1 heterocycles. The lowest BCUT2D eigenvalue weighted by Crippen LogP contribution is -2.33. The monoisotopic (exact) mass is 389 g/mol. The zero-order valence-electron chi connectivity index (χ0n) is 16.7. The van der Waals surface area contributed by atoms with Crippen molar-refractivity contribution in [1.82, 2.24) is 4.90 Å². The summed E-state index contributed by atoms with van der Waals surface area (Å²) in [5.74, 6) is 0.549. The molecular formula is C25H27NO3. The van der Waals surface area contributed by atoms with Crippen LogP contribution in [0.1, 0.15) is 35.2 Å². The Bertz CT molecular complexity index is 963. The first-order valence-electron chi connectivity index (χ1n) is 10.4. The first-order chi connectivity index (χ1) is 14.3. The summed E-state index contributed by atoms with van der Waals surface area (Å²) < 4.78 is 11.4. The molecule has 0 unspecified atom stereocenters. The number of carbonyl (C=O) groups excluding carboxylic acids is 1. The molecule has 1 saturated heterocycles. The Morgan fingerprint density at radius 1 is 0.862 bits per heavy atom. The van der Waals surface area contributed by atoms with Gasteiger partial charge in [0.2, 0.25) is 0 Å². The molecule has 4 heteroatoms. The Hall–Kier alpha value is -2.85. The van der Waals surface area contributed by atoms with Crippen molar-refractivity contribution >= 4 is 16.7 Å². The molecule has 1 aliphatic heterocycles. The van der Waals surface area contributed by atoms with Crippen LogP contribution in [0.2, 0.25) is 0 Å². The maximum absolute atomic E-state index is 12.4. The summed E-state index contributed by atoms with van der Waals surface area (Å²) in [5, 5.41) is 2.34. The van der Waals surface area contributed by atoms with Crippen molar-refractivity contribution in [2.24, 2.45) is 0 Å². The molecule has 3 aromatic carbocycles. The van der Waals surface area contributed by atoms with E-state index >= 15 is 0 Å². The maximum Gasteiger partial charge on any atom is 0.338 e. The summed E-state index contributed by atoms with van der Waals surface area (Å²) in [7, 11) is 0. The lowest BCUT2D eigenvalue weighted by Gasteiger charge is -2.25. The van der Waals surface area contributed by atoms with Crippen LogP contribution in [0.15, 0.2) is 66.7 Å². The third kappa shape index (κ3) is 5.36. The molecule has 0 saturated carbocycles. The van der Waals surface area contributed by atoms with E-state index in [0.717, 1.165) is 36.3 Å². The summed E-state index contributed by atoms with van der Waals surface area (Å²) in [6.07, 6.45) is 3.80. The third-order valence-electron chi connectivity index (χ3n) is 5.38. The molecule has 0 aliphatic carbocycles. The van der Waals surface area contributed by atoms with E-state index in [9.17, 15) is 4.79 Å². The van der Waals surface area contributed by atoms with Gasteiger partial charge in [0.15, 0.2) is 0 Å². The molecule has 0 spiro atoms. The van der Waals surface area contributed by atoms with Gasteiger partial charge in [-0.25, -0.2) is 4.79 Å². The normalized spacial score (nSPS) is 14.6. The standard InChI is InChI=1S/C25H27NO3/c27-25(28-16-15-26-13-4-1-5-14-26)23-10-6-7-20(17-23)19-29-24-12-11-21-8-2-3-9-22(21)18-24/h2-3,6-12,17-18H,1,4-5,13-16,19H2. The fraction of sp³-hybridized carbons (Fsp3) is 0.320. The van der Waals surface area contributed by atoms with E-state index in [1.54, 1.807) is 6.07 Å². The highest BCUT2D eigenvalue weighted by Gasteiger charge is 2.12. The summed E-state index contributed by atoms with van der Waals surface area (Å²) in [4.78, 5) is 14.7. The quantitative estimate of drug-likeness (QED) is 0.530. The molecule has 0 aromatic heterocycles. The second-order valence-electron chi connectivity index (χ2n) is 7.54. The molecule has 0 amide bonds. The van der Waals surface area contributed by atoms with Crippen LogP contribution in [-0.2, 0) is 11.3 Å². The van der Waals surface area contributed by atoms with Gasteiger partial charge in [-0.3, -0.25) is 4.90 Å². The Kier molecular flexibility index (Phi) is 6.42. The largest absolute Gasteiger partial charge is 0.489 e. The SMILES string of the molecule is O=C(OCCN1CCCCC1)c1cccc(COc2ccc3ccccc3c2)c1. The van der Waals surface area contributed by atoms with E-state index in [-0.39, 0.29) is 5.97 Å². The number of hydrogen-bond donors (Lipinski definition) is 0. The van der Waals surface area contributed by atoms with E-state index < -0.39 is 0 Å². The van der Waals surface area contributed by atoms with Crippen LogP contribution in [0.25, 0.3) is 10.8 Å². The summed E-state index contributed by atoms with van der Waals surface area (Å²) in [6, 6.07) is 21.8. The number of likely N-dealkylation sites (tertiary alicyclic amines) is 1. The minimum absolute atomic E-state index is 0.269. The van der Waals surface area contributed by atoms with E-state index in [1.165, 1.54) is 24.6 Å². The Labute approximate surface area is 172 Å². The lowest BCUT2D eigenvalue weighted by atomic mass is 10.1.